The van der Waals surface area contributed by atoms with E-state index in [1.165, 1.54) is 19.2 Å². The summed E-state index contributed by atoms with van der Waals surface area (Å²) < 4.78 is 26.4. The monoisotopic (exact) mass is 381 g/mol. The number of sulfonamides is 1. The molecule has 2 rings (SSSR count). The summed E-state index contributed by atoms with van der Waals surface area (Å²) in [6.45, 7) is 3.69. The molecule has 0 aliphatic rings. The van der Waals surface area contributed by atoms with Crippen LogP contribution >= 0.6 is 11.6 Å². The predicted octanol–water partition coefficient (Wildman–Crippen LogP) is 3.27. The molecule has 0 fully saturated rings. The lowest BCUT2D eigenvalue weighted by atomic mass is 10.0. The van der Waals surface area contributed by atoms with Crippen LogP contribution in [0.5, 0.6) is 0 Å². The van der Waals surface area contributed by atoms with Gasteiger partial charge in [0.1, 0.15) is 6.04 Å². The first-order valence-electron chi connectivity index (χ1n) is 7.65. The smallest absolute Gasteiger partial charge is 0.322 e. The average Bonchev–Trinajstić information content (AvgIpc) is 2.55. The first-order valence-corrected chi connectivity index (χ1v) is 9.47. The third kappa shape index (κ3) is 4.39. The van der Waals surface area contributed by atoms with Crippen molar-refractivity contribution in [3.63, 3.8) is 0 Å². The number of carboxylic acids is 1. The standard InChI is InChI=1S/C18H20ClNO4S/c1-12-4-8-15(9-5-12)25(23,24)20(3)17(18(21)22)11-14-7-6-13(2)16(19)10-14/h4-10,17H,11H2,1-3H3,(H,21,22). The van der Waals surface area contributed by atoms with Crippen molar-refractivity contribution in [2.24, 2.45) is 0 Å². The normalized spacial score (nSPS) is 13.0. The first-order chi connectivity index (χ1) is 11.6. The molecule has 0 aliphatic carbocycles. The fourth-order valence-corrected chi connectivity index (χ4v) is 3.92. The Kier molecular flexibility index (Phi) is 5.87. The highest BCUT2D eigenvalue weighted by Crippen LogP contribution is 2.22. The van der Waals surface area contributed by atoms with Crippen LogP contribution in [0.15, 0.2) is 47.4 Å². The number of hydrogen-bond acceptors (Lipinski definition) is 3. The maximum Gasteiger partial charge on any atom is 0.322 e. The minimum absolute atomic E-state index is 0.0247. The number of carbonyl (C=O) groups is 1. The molecule has 5 nitrogen and oxygen atoms in total. The van der Waals surface area contributed by atoms with Crippen molar-refractivity contribution in [3.8, 4) is 0 Å². The van der Waals surface area contributed by atoms with Gasteiger partial charge in [0.25, 0.3) is 0 Å². The van der Waals surface area contributed by atoms with Crippen molar-refractivity contribution in [1.29, 1.82) is 0 Å². The molecule has 0 aliphatic heterocycles. The molecule has 25 heavy (non-hydrogen) atoms. The van der Waals surface area contributed by atoms with E-state index in [0.717, 1.165) is 15.4 Å². The minimum Gasteiger partial charge on any atom is -0.480 e. The fraction of sp³-hybridized carbons (Fsp3) is 0.278. The number of rotatable bonds is 6. The van der Waals surface area contributed by atoms with E-state index in [-0.39, 0.29) is 11.3 Å². The summed E-state index contributed by atoms with van der Waals surface area (Å²) in [5, 5.41) is 10.1. The average molecular weight is 382 g/mol. The molecule has 0 heterocycles. The molecule has 1 atom stereocenters. The Morgan fingerprint density at radius 2 is 1.76 bits per heavy atom. The summed E-state index contributed by atoms with van der Waals surface area (Å²) in [5.74, 6) is -1.21. The lowest BCUT2D eigenvalue weighted by molar-refractivity contribution is -0.141. The van der Waals surface area contributed by atoms with Gasteiger partial charge in [0.05, 0.1) is 4.90 Å². The minimum atomic E-state index is -3.92. The zero-order valence-corrected chi connectivity index (χ0v) is 15.8. The summed E-state index contributed by atoms with van der Waals surface area (Å²) in [7, 11) is -2.64. The highest BCUT2D eigenvalue weighted by Gasteiger charge is 2.33. The van der Waals surface area contributed by atoms with Gasteiger partial charge in [0.15, 0.2) is 0 Å². The number of halogens is 1. The molecule has 0 aromatic heterocycles. The van der Waals surface area contributed by atoms with E-state index >= 15 is 0 Å². The molecule has 7 heteroatoms. The molecule has 134 valence electrons. The van der Waals surface area contributed by atoms with Crippen LogP contribution in [0.4, 0.5) is 0 Å². The molecular weight excluding hydrogens is 362 g/mol. The molecule has 0 amide bonds. The van der Waals surface area contributed by atoms with Gasteiger partial charge in [-0.1, -0.05) is 41.4 Å². The van der Waals surface area contributed by atoms with Crippen LogP contribution in [0.2, 0.25) is 5.02 Å². The third-order valence-corrected chi connectivity index (χ3v) is 6.38. The van der Waals surface area contributed by atoms with Gasteiger partial charge in [-0.2, -0.15) is 4.31 Å². The van der Waals surface area contributed by atoms with Gasteiger partial charge in [-0.25, -0.2) is 8.42 Å². The summed E-state index contributed by atoms with van der Waals surface area (Å²) in [6.07, 6.45) is 0.0247. The van der Waals surface area contributed by atoms with Gasteiger partial charge in [-0.05, 0) is 49.6 Å². The van der Waals surface area contributed by atoms with Crippen LogP contribution in [0.3, 0.4) is 0 Å². The molecule has 2 aromatic rings. The Morgan fingerprint density at radius 1 is 1.16 bits per heavy atom. The lowest BCUT2D eigenvalue weighted by Crippen LogP contribution is -2.43. The van der Waals surface area contributed by atoms with Crippen LogP contribution in [0, 0.1) is 13.8 Å². The molecule has 2 aromatic carbocycles. The van der Waals surface area contributed by atoms with Crippen molar-refractivity contribution < 1.29 is 18.3 Å². The van der Waals surface area contributed by atoms with E-state index in [1.54, 1.807) is 30.3 Å². The van der Waals surface area contributed by atoms with Gasteiger partial charge in [-0.3, -0.25) is 4.79 Å². The second kappa shape index (κ2) is 7.56. The highest BCUT2D eigenvalue weighted by atomic mass is 35.5. The van der Waals surface area contributed by atoms with E-state index < -0.39 is 22.0 Å². The number of benzene rings is 2. The number of carboxylic acid groups (broad SMARTS) is 1. The zero-order valence-electron chi connectivity index (χ0n) is 14.2. The number of aliphatic carboxylic acids is 1. The Hall–Kier alpha value is -1.89. The molecule has 0 bridgehead atoms. The van der Waals surface area contributed by atoms with Crippen LogP contribution in [0.1, 0.15) is 16.7 Å². The molecule has 0 saturated carbocycles. The summed E-state index contributed by atoms with van der Waals surface area (Å²) in [6, 6.07) is 10.3. The number of aryl methyl sites for hydroxylation is 2. The molecule has 1 unspecified atom stereocenters. The van der Waals surface area contributed by atoms with Crippen molar-refractivity contribution in [2.75, 3.05) is 7.05 Å². The van der Waals surface area contributed by atoms with Crippen LogP contribution < -0.4 is 0 Å². The quantitative estimate of drug-likeness (QED) is 0.833. The molecule has 0 saturated heterocycles. The molecule has 0 radical (unpaired) electrons. The fourth-order valence-electron chi connectivity index (χ4n) is 2.40. The van der Waals surface area contributed by atoms with Gasteiger partial charge in [0, 0.05) is 12.1 Å². The van der Waals surface area contributed by atoms with E-state index in [9.17, 15) is 18.3 Å². The summed E-state index contributed by atoms with van der Waals surface area (Å²) in [4.78, 5) is 11.8. The van der Waals surface area contributed by atoms with E-state index in [2.05, 4.69) is 0 Å². The van der Waals surface area contributed by atoms with Crippen LogP contribution in [0.25, 0.3) is 0 Å². The van der Waals surface area contributed by atoms with Gasteiger partial charge in [-0.15, -0.1) is 0 Å². The summed E-state index contributed by atoms with van der Waals surface area (Å²) in [5.41, 5.74) is 2.46. The molecular formula is C18H20ClNO4S. The second-order valence-electron chi connectivity index (χ2n) is 5.98. The Balaban J connectivity index is 2.33. The zero-order chi connectivity index (χ0) is 18.8. The molecule has 0 spiro atoms. The summed E-state index contributed by atoms with van der Waals surface area (Å²) >= 11 is 6.08. The van der Waals surface area contributed by atoms with Crippen LogP contribution in [-0.4, -0.2) is 36.9 Å². The molecule has 1 N–H and O–H groups in total. The van der Waals surface area contributed by atoms with E-state index in [1.807, 2.05) is 13.8 Å². The van der Waals surface area contributed by atoms with Crippen molar-refractivity contribution >= 4 is 27.6 Å². The van der Waals surface area contributed by atoms with Crippen LogP contribution in [-0.2, 0) is 21.2 Å². The number of likely N-dealkylation sites (N-methyl/N-ethyl adjacent to an activating group) is 1. The highest BCUT2D eigenvalue weighted by molar-refractivity contribution is 7.89. The van der Waals surface area contributed by atoms with Gasteiger partial charge in [0.2, 0.25) is 10.0 Å². The van der Waals surface area contributed by atoms with E-state index in [0.29, 0.717) is 10.6 Å². The maximum absolute atomic E-state index is 12.7. The predicted molar refractivity (Wildman–Crippen MR) is 97.4 cm³/mol. The van der Waals surface area contributed by atoms with Gasteiger partial charge >= 0.3 is 5.97 Å². The van der Waals surface area contributed by atoms with E-state index in [4.69, 9.17) is 11.6 Å². The Bertz CT molecular complexity index is 878. The second-order valence-corrected chi connectivity index (χ2v) is 8.38. The Morgan fingerprint density at radius 3 is 2.28 bits per heavy atom. The first kappa shape index (κ1) is 19.4. The topological polar surface area (TPSA) is 74.7 Å². The van der Waals surface area contributed by atoms with Crippen molar-refractivity contribution in [3.05, 3.63) is 64.2 Å². The third-order valence-electron chi connectivity index (χ3n) is 4.09. The Labute approximate surface area is 152 Å². The van der Waals surface area contributed by atoms with Gasteiger partial charge < -0.3 is 5.11 Å². The lowest BCUT2D eigenvalue weighted by Gasteiger charge is -2.24. The maximum atomic E-state index is 12.7. The largest absolute Gasteiger partial charge is 0.480 e. The number of nitrogens with zero attached hydrogens (tertiary/aromatic N) is 1. The number of hydrogen-bond donors (Lipinski definition) is 1. The SMILES string of the molecule is Cc1ccc(S(=O)(=O)N(C)C(Cc2ccc(C)c(Cl)c2)C(=O)O)cc1. The van der Waals surface area contributed by atoms with Crippen molar-refractivity contribution in [1.82, 2.24) is 4.31 Å². The van der Waals surface area contributed by atoms with Crippen molar-refractivity contribution in [2.45, 2.75) is 31.2 Å².